The first-order chi connectivity index (χ1) is 13.2. The molecule has 27 heavy (non-hydrogen) atoms. The van der Waals surface area contributed by atoms with Gasteiger partial charge in [0.25, 0.3) is 5.91 Å². The van der Waals surface area contributed by atoms with E-state index >= 15 is 0 Å². The molecule has 0 aliphatic carbocycles. The summed E-state index contributed by atoms with van der Waals surface area (Å²) in [5.41, 5.74) is 1.65. The van der Waals surface area contributed by atoms with Gasteiger partial charge in [-0.15, -0.1) is 0 Å². The van der Waals surface area contributed by atoms with Gasteiger partial charge in [-0.1, -0.05) is 6.07 Å². The molecule has 0 bridgehead atoms. The van der Waals surface area contributed by atoms with Crippen LogP contribution in [0.2, 0.25) is 0 Å². The highest BCUT2D eigenvalue weighted by atomic mass is 19.1. The lowest BCUT2D eigenvalue weighted by Crippen LogP contribution is -2.23. The smallest absolute Gasteiger partial charge is 0.287 e. The second-order valence-corrected chi connectivity index (χ2v) is 6.57. The van der Waals surface area contributed by atoms with E-state index in [-0.39, 0.29) is 17.5 Å². The Morgan fingerprint density at radius 3 is 2.56 bits per heavy atom. The molecule has 1 saturated heterocycles. The molecule has 6 heteroatoms. The van der Waals surface area contributed by atoms with Crippen molar-refractivity contribution in [1.82, 2.24) is 10.3 Å². The maximum absolute atomic E-state index is 13.0. The summed E-state index contributed by atoms with van der Waals surface area (Å²) in [4.78, 5) is 19.0. The first-order valence-corrected chi connectivity index (χ1v) is 9.03. The molecule has 2 aromatic heterocycles. The highest BCUT2D eigenvalue weighted by molar-refractivity contribution is 5.92. The van der Waals surface area contributed by atoms with Gasteiger partial charge in [0.15, 0.2) is 5.76 Å². The second kappa shape index (κ2) is 7.61. The molecular formula is C21H20FN3O2. The van der Waals surface area contributed by atoms with Crippen molar-refractivity contribution in [1.29, 1.82) is 0 Å². The number of nitrogens with zero attached hydrogens (tertiary/aromatic N) is 2. The number of rotatable bonds is 5. The molecule has 0 spiro atoms. The fraction of sp³-hybridized carbons (Fsp3) is 0.238. The number of aromatic nitrogens is 1. The van der Waals surface area contributed by atoms with E-state index in [2.05, 4.69) is 15.2 Å². The molecule has 1 aromatic carbocycles. The maximum atomic E-state index is 13.0. The SMILES string of the molecule is O=C(NCc1ccc(N2CCCC2)nc1)c1ccc(-c2ccc(F)cc2)o1. The molecule has 1 amide bonds. The van der Waals surface area contributed by atoms with Crippen LogP contribution in [0.1, 0.15) is 29.0 Å². The van der Waals surface area contributed by atoms with Gasteiger partial charge in [0.2, 0.25) is 0 Å². The molecule has 0 saturated carbocycles. The van der Waals surface area contributed by atoms with E-state index in [1.807, 2.05) is 12.1 Å². The number of hydrogen-bond donors (Lipinski definition) is 1. The lowest BCUT2D eigenvalue weighted by Gasteiger charge is -2.16. The average Bonchev–Trinajstić information content (AvgIpc) is 3.39. The van der Waals surface area contributed by atoms with Gasteiger partial charge in [0, 0.05) is 31.4 Å². The van der Waals surface area contributed by atoms with E-state index in [0.717, 1.165) is 30.0 Å². The molecule has 1 N–H and O–H groups in total. The molecule has 0 unspecified atom stereocenters. The summed E-state index contributed by atoms with van der Waals surface area (Å²) in [5, 5.41) is 2.83. The minimum Gasteiger partial charge on any atom is -0.451 e. The predicted octanol–water partition coefficient (Wildman–Crippen LogP) is 4.01. The van der Waals surface area contributed by atoms with Crippen molar-refractivity contribution in [2.75, 3.05) is 18.0 Å². The molecular weight excluding hydrogens is 345 g/mol. The minimum absolute atomic E-state index is 0.218. The fourth-order valence-corrected chi connectivity index (χ4v) is 3.15. The molecule has 0 atom stereocenters. The minimum atomic E-state index is -0.312. The molecule has 138 valence electrons. The van der Waals surface area contributed by atoms with Gasteiger partial charge in [-0.2, -0.15) is 0 Å². The van der Waals surface area contributed by atoms with Crippen LogP contribution in [0.3, 0.4) is 0 Å². The molecule has 5 nitrogen and oxygen atoms in total. The highest BCUT2D eigenvalue weighted by Gasteiger charge is 2.14. The van der Waals surface area contributed by atoms with Crippen LogP contribution in [0.4, 0.5) is 10.2 Å². The Hall–Kier alpha value is -3.15. The lowest BCUT2D eigenvalue weighted by atomic mass is 10.2. The van der Waals surface area contributed by atoms with Crippen LogP contribution < -0.4 is 10.2 Å². The topological polar surface area (TPSA) is 58.4 Å². The second-order valence-electron chi connectivity index (χ2n) is 6.57. The van der Waals surface area contributed by atoms with Crippen molar-refractivity contribution in [3.8, 4) is 11.3 Å². The summed E-state index contributed by atoms with van der Waals surface area (Å²) in [6.07, 6.45) is 4.21. The highest BCUT2D eigenvalue weighted by Crippen LogP contribution is 2.22. The Morgan fingerprint density at radius 2 is 1.85 bits per heavy atom. The monoisotopic (exact) mass is 365 g/mol. The van der Waals surface area contributed by atoms with Gasteiger partial charge >= 0.3 is 0 Å². The van der Waals surface area contributed by atoms with Gasteiger partial charge < -0.3 is 14.6 Å². The fourth-order valence-electron chi connectivity index (χ4n) is 3.15. The summed E-state index contributed by atoms with van der Waals surface area (Å²) >= 11 is 0. The summed E-state index contributed by atoms with van der Waals surface area (Å²) in [6, 6.07) is 13.2. The Bertz CT molecular complexity index is 913. The van der Waals surface area contributed by atoms with Crippen LogP contribution in [0.25, 0.3) is 11.3 Å². The zero-order valence-electron chi connectivity index (χ0n) is 14.8. The van der Waals surface area contributed by atoms with E-state index in [1.54, 1.807) is 30.5 Å². The third-order valence-electron chi connectivity index (χ3n) is 4.65. The Kier molecular flexibility index (Phi) is 4.87. The molecule has 1 aliphatic rings. The van der Waals surface area contributed by atoms with Crippen molar-refractivity contribution >= 4 is 11.7 Å². The van der Waals surface area contributed by atoms with Crippen molar-refractivity contribution < 1.29 is 13.6 Å². The van der Waals surface area contributed by atoms with E-state index in [0.29, 0.717) is 12.3 Å². The number of hydrogen-bond acceptors (Lipinski definition) is 4. The van der Waals surface area contributed by atoms with Crippen molar-refractivity contribution in [3.05, 3.63) is 71.9 Å². The van der Waals surface area contributed by atoms with E-state index in [1.165, 1.54) is 25.0 Å². The number of nitrogens with one attached hydrogen (secondary N) is 1. The molecule has 3 aromatic rings. The molecule has 3 heterocycles. The number of anilines is 1. The normalized spacial score (nSPS) is 13.7. The summed E-state index contributed by atoms with van der Waals surface area (Å²) < 4.78 is 18.6. The van der Waals surface area contributed by atoms with Gasteiger partial charge in [0.05, 0.1) is 0 Å². The number of amides is 1. The number of carbonyl (C=O) groups excluding carboxylic acids is 1. The van der Waals surface area contributed by atoms with Gasteiger partial charge in [0.1, 0.15) is 17.4 Å². The number of furan rings is 1. The van der Waals surface area contributed by atoms with Crippen LogP contribution in [-0.2, 0) is 6.54 Å². The standard InChI is InChI=1S/C21H20FN3O2/c22-17-6-4-16(5-7-17)18-8-9-19(27-18)21(26)24-14-15-3-10-20(23-13-15)25-11-1-2-12-25/h3-10,13H,1-2,11-12,14H2,(H,24,26). The summed E-state index contributed by atoms with van der Waals surface area (Å²) in [5.74, 6) is 1.12. The average molecular weight is 365 g/mol. The first-order valence-electron chi connectivity index (χ1n) is 9.03. The van der Waals surface area contributed by atoms with Crippen LogP contribution in [-0.4, -0.2) is 24.0 Å². The summed E-state index contributed by atoms with van der Waals surface area (Å²) in [7, 11) is 0. The van der Waals surface area contributed by atoms with E-state index in [4.69, 9.17) is 4.42 Å². The van der Waals surface area contributed by atoms with Crippen molar-refractivity contribution in [3.63, 3.8) is 0 Å². The van der Waals surface area contributed by atoms with Crippen LogP contribution in [0, 0.1) is 5.82 Å². The molecule has 4 rings (SSSR count). The molecule has 0 radical (unpaired) electrons. The van der Waals surface area contributed by atoms with E-state index in [9.17, 15) is 9.18 Å². The summed E-state index contributed by atoms with van der Waals surface area (Å²) in [6.45, 7) is 2.48. The Labute approximate surface area is 156 Å². The Balaban J connectivity index is 1.36. The zero-order chi connectivity index (χ0) is 18.6. The van der Waals surface area contributed by atoms with Gasteiger partial charge in [-0.25, -0.2) is 9.37 Å². The van der Waals surface area contributed by atoms with Crippen molar-refractivity contribution in [2.24, 2.45) is 0 Å². The lowest BCUT2D eigenvalue weighted by molar-refractivity contribution is 0.0924. The third-order valence-corrected chi connectivity index (χ3v) is 4.65. The molecule has 1 fully saturated rings. The van der Waals surface area contributed by atoms with E-state index < -0.39 is 0 Å². The zero-order valence-corrected chi connectivity index (χ0v) is 14.8. The number of carbonyl (C=O) groups is 1. The quantitative estimate of drug-likeness (QED) is 0.742. The number of pyridine rings is 1. The predicted molar refractivity (Wildman–Crippen MR) is 101 cm³/mol. The molecule has 1 aliphatic heterocycles. The number of benzene rings is 1. The van der Waals surface area contributed by atoms with Crippen LogP contribution in [0.15, 0.2) is 59.1 Å². The largest absolute Gasteiger partial charge is 0.451 e. The van der Waals surface area contributed by atoms with Crippen LogP contribution >= 0.6 is 0 Å². The number of halogens is 1. The van der Waals surface area contributed by atoms with Crippen LogP contribution in [0.5, 0.6) is 0 Å². The Morgan fingerprint density at radius 1 is 1.07 bits per heavy atom. The van der Waals surface area contributed by atoms with Gasteiger partial charge in [-0.05, 0) is 60.9 Å². The van der Waals surface area contributed by atoms with Crippen molar-refractivity contribution in [2.45, 2.75) is 19.4 Å². The maximum Gasteiger partial charge on any atom is 0.287 e. The van der Waals surface area contributed by atoms with Gasteiger partial charge in [-0.3, -0.25) is 4.79 Å². The third kappa shape index (κ3) is 4.00. The first kappa shape index (κ1) is 17.3.